The highest BCUT2D eigenvalue weighted by atomic mass is 28.4. The highest BCUT2D eigenvalue weighted by Gasteiger charge is 2.25. The number of hydrogen-bond acceptors (Lipinski definition) is 2. The third-order valence-electron chi connectivity index (χ3n) is 3.34. The molecular formula is C17H28O2Si. The van der Waals surface area contributed by atoms with Crippen LogP contribution >= 0.6 is 0 Å². The van der Waals surface area contributed by atoms with E-state index in [2.05, 4.69) is 53.9 Å². The van der Waals surface area contributed by atoms with Gasteiger partial charge in [0.25, 0.3) is 0 Å². The molecule has 112 valence electrons. The first kappa shape index (κ1) is 16.8. The molecule has 0 saturated heterocycles. The molecule has 20 heavy (non-hydrogen) atoms. The fourth-order valence-corrected chi connectivity index (χ4v) is 3.36. The summed E-state index contributed by atoms with van der Waals surface area (Å²) in [5.74, 6) is 0.997. The lowest BCUT2D eigenvalue weighted by molar-refractivity contribution is 0.463. The van der Waals surface area contributed by atoms with Gasteiger partial charge in [-0.05, 0) is 56.1 Å². The molecule has 1 rings (SSSR count). The van der Waals surface area contributed by atoms with Crippen LogP contribution in [0.5, 0.6) is 5.75 Å². The highest BCUT2D eigenvalue weighted by molar-refractivity contribution is 6.70. The Kier molecular flexibility index (Phi) is 4.45. The van der Waals surface area contributed by atoms with Gasteiger partial charge in [-0.2, -0.15) is 0 Å². The molecule has 0 aromatic heterocycles. The molecule has 1 aromatic carbocycles. The summed E-state index contributed by atoms with van der Waals surface area (Å²) < 4.78 is 6.04. The SMILES string of the molecule is C=C(O[Si](C)(C)C)c1c(C)c(O)cc(C(C)(C)C)c1C. The quantitative estimate of drug-likeness (QED) is 0.618. The van der Waals surface area contributed by atoms with Gasteiger partial charge in [0.2, 0.25) is 8.32 Å². The van der Waals surface area contributed by atoms with Crippen LogP contribution in [0.15, 0.2) is 12.6 Å². The van der Waals surface area contributed by atoms with Crippen molar-refractivity contribution in [2.75, 3.05) is 0 Å². The number of benzene rings is 1. The lowest BCUT2D eigenvalue weighted by Gasteiger charge is -2.28. The van der Waals surface area contributed by atoms with Gasteiger partial charge in [0.05, 0.1) is 0 Å². The highest BCUT2D eigenvalue weighted by Crippen LogP contribution is 2.37. The van der Waals surface area contributed by atoms with E-state index < -0.39 is 8.32 Å². The standard InChI is InChI=1S/C17H28O2Si/c1-11-14(17(4,5)6)10-15(18)12(2)16(11)13(3)19-20(7,8)9/h10,18H,3H2,1-2,4-9H3. The van der Waals surface area contributed by atoms with Crippen molar-refractivity contribution in [1.29, 1.82) is 0 Å². The Morgan fingerprint density at radius 2 is 1.65 bits per heavy atom. The number of phenols is 1. The molecule has 0 saturated carbocycles. The molecule has 0 aliphatic rings. The third kappa shape index (κ3) is 3.66. The molecule has 3 heteroatoms. The zero-order valence-electron chi connectivity index (χ0n) is 14.1. The summed E-state index contributed by atoms with van der Waals surface area (Å²) in [7, 11) is -1.71. The molecule has 0 aliphatic heterocycles. The molecule has 0 radical (unpaired) electrons. The summed E-state index contributed by atoms with van der Waals surface area (Å²) >= 11 is 0. The molecule has 1 aromatic rings. The number of hydrogen-bond donors (Lipinski definition) is 1. The maximum atomic E-state index is 10.2. The third-order valence-corrected chi connectivity index (χ3v) is 4.19. The first-order chi connectivity index (χ1) is 8.84. The Morgan fingerprint density at radius 3 is 2.05 bits per heavy atom. The Morgan fingerprint density at radius 1 is 1.15 bits per heavy atom. The van der Waals surface area contributed by atoms with Crippen LogP contribution in [-0.2, 0) is 9.84 Å². The molecule has 0 atom stereocenters. The minimum atomic E-state index is -1.71. The largest absolute Gasteiger partial charge is 0.544 e. The maximum absolute atomic E-state index is 10.2. The molecule has 0 aliphatic carbocycles. The smallest absolute Gasteiger partial charge is 0.242 e. The van der Waals surface area contributed by atoms with Crippen LogP contribution in [0.25, 0.3) is 5.76 Å². The summed E-state index contributed by atoms with van der Waals surface area (Å²) in [5, 5.41) is 10.2. The van der Waals surface area contributed by atoms with Crippen molar-refractivity contribution in [2.45, 2.75) is 59.7 Å². The zero-order chi connectivity index (χ0) is 15.9. The molecule has 0 spiro atoms. The molecule has 0 fully saturated rings. The van der Waals surface area contributed by atoms with Gasteiger partial charge in [-0.1, -0.05) is 27.4 Å². The van der Waals surface area contributed by atoms with Crippen LogP contribution < -0.4 is 0 Å². The van der Waals surface area contributed by atoms with E-state index in [1.807, 2.05) is 13.0 Å². The van der Waals surface area contributed by atoms with Crippen LogP contribution in [0.4, 0.5) is 0 Å². The van der Waals surface area contributed by atoms with Gasteiger partial charge >= 0.3 is 0 Å². The van der Waals surface area contributed by atoms with Gasteiger partial charge in [0.15, 0.2) is 0 Å². The van der Waals surface area contributed by atoms with E-state index in [1.54, 1.807) is 0 Å². The van der Waals surface area contributed by atoms with Gasteiger partial charge in [-0.15, -0.1) is 0 Å². The van der Waals surface area contributed by atoms with Gasteiger partial charge in [-0.25, -0.2) is 0 Å². The average Bonchev–Trinajstić information content (AvgIpc) is 2.19. The predicted molar refractivity (Wildman–Crippen MR) is 89.7 cm³/mol. The second kappa shape index (κ2) is 5.28. The van der Waals surface area contributed by atoms with Crippen LogP contribution in [-0.4, -0.2) is 13.4 Å². The minimum Gasteiger partial charge on any atom is -0.544 e. The van der Waals surface area contributed by atoms with Gasteiger partial charge < -0.3 is 9.53 Å². The fourth-order valence-electron chi connectivity index (χ4n) is 2.52. The fraction of sp³-hybridized carbons (Fsp3) is 0.529. The number of rotatable bonds is 3. The van der Waals surface area contributed by atoms with Crippen LogP contribution in [0.1, 0.15) is 43.0 Å². The van der Waals surface area contributed by atoms with Crippen LogP contribution in [0.3, 0.4) is 0 Å². The minimum absolute atomic E-state index is 0.0244. The Bertz CT molecular complexity index is 531. The topological polar surface area (TPSA) is 29.5 Å². The Labute approximate surface area is 124 Å². The van der Waals surface area contributed by atoms with Gasteiger partial charge in [0.1, 0.15) is 11.5 Å². The summed E-state index contributed by atoms with van der Waals surface area (Å²) in [6.45, 7) is 21.0. The van der Waals surface area contributed by atoms with E-state index in [0.717, 1.165) is 22.3 Å². The Hall–Kier alpha value is -1.22. The predicted octanol–water partition coefficient (Wildman–Crippen LogP) is 5.13. The van der Waals surface area contributed by atoms with Crippen LogP contribution in [0.2, 0.25) is 19.6 Å². The molecular weight excluding hydrogens is 264 g/mol. The van der Waals surface area contributed by atoms with Crippen molar-refractivity contribution in [3.63, 3.8) is 0 Å². The molecule has 1 N–H and O–H groups in total. The molecule has 0 unspecified atom stereocenters. The van der Waals surface area contributed by atoms with E-state index in [1.165, 1.54) is 0 Å². The van der Waals surface area contributed by atoms with E-state index in [-0.39, 0.29) is 5.41 Å². The molecule has 0 heterocycles. The average molecular weight is 292 g/mol. The second-order valence-corrected chi connectivity index (χ2v) is 11.9. The summed E-state index contributed by atoms with van der Waals surface area (Å²) in [5.41, 5.74) is 4.06. The molecule has 2 nitrogen and oxygen atoms in total. The van der Waals surface area contributed by atoms with Crippen molar-refractivity contribution in [3.8, 4) is 5.75 Å². The summed E-state index contributed by atoms with van der Waals surface area (Å²) in [6, 6.07) is 1.87. The molecule has 0 amide bonds. The monoisotopic (exact) mass is 292 g/mol. The van der Waals surface area contributed by atoms with Crippen molar-refractivity contribution >= 4 is 14.1 Å². The van der Waals surface area contributed by atoms with Crippen molar-refractivity contribution in [2.24, 2.45) is 0 Å². The Balaban J connectivity index is 3.47. The lowest BCUT2D eigenvalue weighted by Crippen LogP contribution is -2.25. The van der Waals surface area contributed by atoms with E-state index in [0.29, 0.717) is 11.5 Å². The van der Waals surface area contributed by atoms with Crippen molar-refractivity contribution in [1.82, 2.24) is 0 Å². The normalized spacial score (nSPS) is 12.4. The second-order valence-electron chi connectivity index (χ2n) is 7.46. The van der Waals surface area contributed by atoms with E-state index >= 15 is 0 Å². The first-order valence-corrected chi connectivity index (χ1v) is 10.5. The maximum Gasteiger partial charge on any atom is 0.242 e. The van der Waals surface area contributed by atoms with Crippen LogP contribution in [0, 0.1) is 13.8 Å². The lowest BCUT2D eigenvalue weighted by atomic mass is 9.81. The van der Waals surface area contributed by atoms with E-state index in [9.17, 15) is 5.11 Å². The summed E-state index contributed by atoms with van der Waals surface area (Å²) in [6.07, 6.45) is 0. The zero-order valence-corrected chi connectivity index (χ0v) is 15.1. The summed E-state index contributed by atoms with van der Waals surface area (Å²) in [4.78, 5) is 0. The number of phenolic OH excluding ortho intramolecular Hbond substituents is 1. The van der Waals surface area contributed by atoms with E-state index in [4.69, 9.17) is 4.43 Å². The first-order valence-electron chi connectivity index (χ1n) is 7.06. The molecule has 0 bridgehead atoms. The van der Waals surface area contributed by atoms with Gasteiger partial charge in [-0.3, -0.25) is 0 Å². The van der Waals surface area contributed by atoms with Crippen molar-refractivity contribution in [3.05, 3.63) is 34.9 Å². The van der Waals surface area contributed by atoms with Gasteiger partial charge in [0, 0.05) is 11.1 Å². The number of aromatic hydroxyl groups is 1. The van der Waals surface area contributed by atoms with Crippen molar-refractivity contribution < 1.29 is 9.53 Å².